The Hall–Kier alpha value is -2.14. The quantitative estimate of drug-likeness (QED) is 0.905. The van der Waals surface area contributed by atoms with Crippen molar-refractivity contribution in [1.82, 2.24) is 4.98 Å². The van der Waals surface area contributed by atoms with Crippen molar-refractivity contribution in [3.05, 3.63) is 52.4 Å². The van der Waals surface area contributed by atoms with E-state index < -0.39 is 11.7 Å². The number of hydrogen-bond acceptors (Lipinski definition) is 3. The maximum Gasteiger partial charge on any atom is 0.255 e. The summed E-state index contributed by atoms with van der Waals surface area (Å²) in [4.78, 5) is 16.4. The first kappa shape index (κ1) is 15.3. The minimum Gasteiger partial charge on any atom is -0.384 e. The molecule has 0 radical (unpaired) electrons. The van der Waals surface area contributed by atoms with Crippen molar-refractivity contribution >= 4 is 29.0 Å². The van der Waals surface area contributed by atoms with Crippen LogP contribution < -0.4 is 11.1 Å². The number of nitrogen functional groups attached to an aromatic ring is 1. The molecule has 0 saturated carbocycles. The van der Waals surface area contributed by atoms with E-state index in [9.17, 15) is 9.18 Å². The lowest BCUT2D eigenvalue weighted by Gasteiger charge is -2.10. The van der Waals surface area contributed by atoms with E-state index in [1.807, 2.05) is 13.8 Å². The molecule has 0 aliphatic rings. The Labute approximate surface area is 127 Å². The molecule has 6 heteroatoms. The van der Waals surface area contributed by atoms with Gasteiger partial charge in [-0.2, -0.15) is 0 Å². The summed E-state index contributed by atoms with van der Waals surface area (Å²) in [6, 6.07) is 7.04. The molecular formula is C15H15ClFN3O. The van der Waals surface area contributed by atoms with Crippen molar-refractivity contribution in [3.63, 3.8) is 0 Å². The number of nitrogens with two attached hydrogens (primary N) is 1. The van der Waals surface area contributed by atoms with Gasteiger partial charge < -0.3 is 11.1 Å². The van der Waals surface area contributed by atoms with Crippen LogP contribution in [0.4, 0.5) is 15.9 Å². The summed E-state index contributed by atoms with van der Waals surface area (Å²) in [5, 5.41) is 2.82. The molecule has 0 unspecified atom stereocenters. The Morgan fingerprint density at radius 2 is 2.05 bits per heavy atom. The van der Waals surface area contributed by atoms with Crippen LogP contribution in [0.15, 0.2) is 30.3 Å². The summed E-state index contributed by atoms with van der Waals surface area (Å²) >= 11 is 5.79. The number of carbonyl (C=O) groups is 1. The second-order valence-electron chi connectivity index (χ2n) is 4.94. The number of carbonyl (C=O) groups excluding carboxylic acids is 1. The van der Waals surface area contributed by atoms with Crippen LogP contribution in [-0.4, -0.2) is 10.9 Å². The van der Waals surface area contributed by atoms with E-state index in [-0.39, 0.29) is 17.4 Å². The predicted octanol–water partition coefficient (Wildman–Crippen LogP) is 3.83. The number of nitrogens with zero attached hydrogens (tertiary/aromatic N) is 1. The number of anilines is 2. The van der Waals surface area contributed by atoms with Gasteiger partial charge in [0.05, 0.1) is 5.69 Å². The fraction of sp³-hybridized carbons (Fsp3) is 0.200. The van der Waals surface area contributed by atoms with Gasteiger partial charge in [0, 0.05) is 16.3 Å². The molecule has 1 aromatic heterocycles. The van der Waals surface area contributed by atoms with Crippen molar-refractivity contribution < 1.29 is 9.18 Å². The first-order valence-corrected chi connectivity index (χ1v) is 6.78. The molecule has 2 rings (SSSR count). The van der Waals surface area contributed by atoms with E-state index in [1.54, 1.807) is 6.07 Å². The Morgan fingerprint density at radius 1 is 1.33 bits per heavy atom. The SMILES string of the molecule is CC(C)c1cc(C(=O)Nc2cc(Cl)ccc2F)cc(N)n1. The summed E-state index contributed by atoms with van der Waals surface area (Å²) in [7, 11) is 0. The molecular weight excluding hydrogens is 293 g/mol. The summed E-state index contributed by atoms with van der Waals surface area (Å²) in [6.07, 6.45) is 0. The van der Waals surface area contributed by atoms with Crippen LogP contribution in [0.5, 0.6) is 0 Å². The van der Waals surface area contributed by atoms with Gasteiger partial charge in [0.2, 0.25) is 0 Å². The molecule has 4 nitrogen and oxygen atoms in total. The number of nitrogens with one attached hydrogen (secondary N) is 1. The zero-order valence-corrected chi connectivity index (χ0v) is 12.4. The van der Waals surface area contributed by atoms with Gasteiger partial charge in [0.25, 0.3) is 5.91 Å². The van der Waals surface area contributed by atoms with E-state index in [1.165, 1.54) is 24.3 Å². The van der Waals surface area contributed by atoms with Crippen LogP contribution in [0.25, 0.3) is 0 Å². The molecule has 0 fully saturated rings. The zero-order valence-electron chi connectivity index (χ0n) is 11.7. The van der Waals surface area contributed by atoms with Crippen LogP contribution >= 0.6 is 11.6 Å². The smallest absolute Gasteiger partial charge is 0.255 e. The second kappa shape index (κ2) is 6.10. The molecule has 0 bridgehead atoms. The van der Waals surface area contributed by atoms with Crippen LogP contribution in [0, 0.1) is 5.82 Å². The summed E-state index contributed by atoms with van der Waals surface area (Å²) in [6.45, 7) is 3.89. The first-order chi connectivity index (χ1) is 9.86. The number of amides is 1. The normalized spacial score (nSPS) is 10.7. The maximum absolute atomic E-state index is 13.6. The molecule has 21 heavy (non-hydrogen) atoms. The number of pyridine rings is 1. The monoisotopic (exact) mass is 307 g/mol. The van der Waals surface area contributed by atoms with Gasteiger partial charge in [-0.05, 0) is 36.2 Å². The fourth-order valence-corrected chi connectivity index (χ4v) is 1.96. The van der Waals surface area contributed by atoms with E-state index in [0.29, 0.717) is 16.3 Å². The van der Waals surface area contributed by atoms with E-state index in [0.717, 1.165) is 0 Å². The van der Waals surface area contributed by atoms with Crippen LogP contribution in [-0.2, 0) is 0 Å². The lowest BCUT2D eigenvalue weighted by Crippen LogP contribution is -2.14. The number of rotatable bonds is 3. The number of benzene rings is 1. The van der Waals surface area contributed by atoms with E-state index in [4.69, 9.17) is 17.3 Å². The van der Waals surface area contributed by atoms with Gasteiger partial charge in [0.15, 0.2) is 0 Å². The molecule has 0 aliphatic heterocycles. The molecule has 1 aromatic carbocycles. The highest BCUT2D eigenvalue weighted by molar-refractivity contribution is 6.31. The van der Waals surface area contributed by atoms with Gasteiger partial charge in [0.1, 0.15) is 11.6 Å². The highest BCUT2D eigenvalue weighted by atomic mass is 35.5. The van der Waals surface area contributed by atoms with Crippen molar-refractivity contribution in [2.24, 2.45) is 0 Å². The molecule has 1 heterocycles. The van der Waals surface area contributed by atoms with Crippen LogP contribution in [0.2, 0.25) is 5.02 Å². The van der Waals surface area contributed by atoms with E-state index >= 15 is 0 Å². The largest absolute Gasteiger partial charge is 0.384 e. The average Bonchev–Trinajstić information content (AvgIpc) is 2.42. The molecule has 0 atom stereocenters. The molecule has 0 saturated heterocycles. The highest BCUT2D eigenvalue weighted by Crippen LogP contribution is 2.21. The van der Waals surface area contributed by atoms with E-state index in [2.05, 4.69) is 10.3 Å². The van der Waals surface area contributed by atoms with Crippen molar-refractivity contribution in [3.8, 4) is 0 Å². The number of hydrogen-bond donors (Lipinski definition) is 2. The standard InChI is InChI=1S/C15H15ClFN3O/c1-8(2)12-5-9(6-14(18)19-12)15(21)20-13-7-10(16)3-4-11(13)17/h3-8H,1-2H3,(H2,18,19)(H,20,21). The summed E-state index contributed by atoms with van der Waals surface area (Å²) < 4.78 is 13.6. The summed E-state index contributed by atoms with van der Waals surface area (Å²) in [5.41, 5.74) is 6.74. The third-order valence-electron chi connectivity index (χ3n) is 2.90. The van der Waals surface area contributed by atoms with Gasteiger partial charge in [-0.15, -0.1) is 0 Å². The third-order valence-corrected chi connectivity index (χ3v) is 3.13. The first-order valence-electron chi connectivity index (χ1n) is 6.40. The minimum absolute atomic E-state index is 0.0222. The highest BCUT2D eigenvalue weighted by Gasteiger charge is 2.13. The van der Waals surface area contributed by atoms with Crippen molar-refractivity contribution in [2.45, 2.75) is 19.8 Å². The lowest BCUT2D eigenvalue weighted by atomic mass is 10.1. The predicted molar refractivity (Wildman–Crippen MR) is 82.1 cm³/mol. The Balaban J connectivity index is 2.30. The number of aromatic nitrogens is 1. The molecule has 3 N–H and O–H groups in total. The molecule has 0 spiro atoms. The van der Waals surface area contributed by atoms with Gasteiger partial charge >= 0.3 is 0 Å². The zero-order chi connectivity index (χ0) is 15.6. The summed E-state index contributed by atoms with van der Waals surface area (Å²) in [5.74, 6) is -0.646. The average molecular weight is 308 g/mol. The number of halogens is 2. The lowest BCUT2D eigenvalue weighted by molar-refractivity contribution is 0.102. The maximum atomic E-state index is 13.6. The molecule has 1 amide bonds. The fourth-order valence-electron chi connectivity index (χ4n) is 1.79. The Kier molecular flexibility index (Phi) is 4.43. The van der Waals surface area contributed by atoms with Crippen molar-refractivity contribution in [1.29, 1.82) is 0 Å². The molecule has 2 aromatic rings. The van der Waals surface area contributed by atoms with Gasteiger partial charge in [-0.1, -0.05) is 25.4 Å². The van der Waals surface area contributed by atoms with Crippen molar-refractivity contribution in [2.75, 3.05) is 11.1 Å². The minimum atomic E-state index is -0.557. The Bertz CT molecular complexity index is 689. The second-order valence-corrected chi connectivity index (χ2v) is 5.37. The van der Waals surface area contributed by atoms with Crippen LogP contribution in [0.1, 0.15) is 35.8 Å². The van der Waals surface area contributed by atoms with Gasteiger partial charge in [-0.25, -0.2) is 9.37 Å². The molecule has 110 valence electrons. The topological polar surface area (TPSA) is 68.0 Å². The van der Waals surface area contributed by atoms with Crippen LogP contribution in [0.3, 0.4) is 0 Å². The Morgan fingerprint density at radius 3 is 2.71 bits per heavy atom. The molecule has 0 aliphatic carbocycles. The van der Waals surface area contributed by atoms with Gasteiger partial charge in [-0.3, -0.25) is 4.79 Å². The third kappa shape index (κ3) is 3.70.